The highest BCUT2D eigenvalue weighted by Gasteiger charge is 2.19. The maximum Gasteiger partial charge on any atom is 0.240 e. The number of hydrogen-bond acceptors (Lipinski definition) is 7. The van der Waals surface area contributed by atoms with Crippen LogP contribution >= 0.6 is 0 Å². The third-order valence-electron chi connectivity index (χ3n) is 1.87. The SMILES string of the molecule is CC(C)(C)NC(=O)CN(C=O)c1nc(N)nc(N)n1. The first kappa shape index (κ1) is 14.6. The lowest BCUT2D eigenvalue weighted by atomic mass is 10.1. The number of rotatable bonds is 4. The molecule has 1 heterocycles. The molecule has 5 N–H and O–H groups in total. The minimum atomic E-state index is -0.400. The van der Waals surface area contributed by atoms with E-state index in [0.29, 0.717) is 6.41 Å². The number of nitrogens with two attached hydrogens (primary N) is 2. The van der Waals surface area contributed by atoms with Crippen molar-refractivity contribution < 1.29 is 9.59 Å². The van der Waals surface area contributed by atoms with Crippen molar-refractivity contribution in [3.63, 3.8) is 0 Å². The predicted octanol–water partition coefficient (Wildman–Crippen LogP) is -1.09. The Labute approximate surface area is 110 Å². The van der Waals surface area contributed by atoms with E-state index in [0.717, 1.165) is 4.90 Å². The monoisotopic (exact) mass is 267 g/mol. The average molecular weight is 267 g/mol. The van der Waals surface area contributed by atoms with Crippen LogP contribution in [-0.4, -0.2) is 39.4 Å². The van der Waals surface area contributed by atoms with Crippen molar-refractivity contribution in [1.82, 2.24) is 20.3 Å². The molecule has 0 bridgehead atoms. The lowest BCUT2D eigenvalue weighted by Crippen LogP contribution is -2.46. The van der Waals surface area contributed by atoms with Gasteiger partial charge in [0.25, 0.3) is 0 Å². The van der Waals surface area contributed by atoms with Gasteiger partial charge >= 0.3 is 0 Å². The van der Waals surface area contributed by atoms with E-state index in [-0.39, 0.29) is 30.3 Å². The Kier molecular flexibility index (Phi) is 4.20. The zero-order chi connectivity index (χ0) is 14.6. The topological polar surface area (TPSA) is 140 Å². The molecule has 1 aromatic rings. The molecule has 0 spiro atoms. The van der Waals surface area contributed by atoms with Crippen LogP contribution in [0.15, 0.2) is 0 Å². The second-order valence-corrected chi connectivity index (χ2v) is 4.88. The van der Waals surface area contributed by atoms with Crippen molar-refractivity contribution >= 4 is 30.2 Å². The lowest BCUT2D eigenvalue weighted by Gasteiger charge is -2.22. The molecule has 0 unspecified atom stereocenters. The highest BCUT2D eigenvalue weighted by molar-refractivity contribution is 5.87. The predicted molar refractivity (Wildman–Crippen MR) is 70.0 cm³/mol. The van der Waals surface area contributed by atoms with Gasteiger partial charge in [-0.05, 0) is 20.8 Å². The standard InChI is InChI=1S/C10H17N7O2/c1-10(2,3)16-6(19)4-17(5-18)9-14-7(11)13-8(12)15-9/h5H,4H2,1-3H3,(H,16,19)(H4,11,12,13,14,15). The van der Waals surface area contributed by atoms with Crippen LogP contribution in [0.25, 0.3) is 0 Å². The van der Waals surface area contributed by atoms with Crippen molar-refractivity contribution in [2.24, 2.45) is 0 Å². The minimum absolute atomic E-state index is 0.0657. The summed E-state index contributed by atoms with van der Waals surface area (Å²) in [6.07, 6.45) is 0.427. The smallest absolute Gasteiger partial charge is 0.240 e. The summed E-state index contributed by atoms with van der Waals surface area (Å²) in [5, 5.41) is 2.71. The summed E-state index contributed by atoms with van der Waals surface area (Å²) in [6.45, 7) is 5.25. The zero-order valence-corrected chi connectivity index (χ0v) is 11.0. The van der Waals surface area contributed by atoms with Gasteiger partial charge in [-0.1, -0.05) is 0 Å². The summed E-state index contributed by atoms with van der Waals surface area (Å²) in [4.78, 5) is 34.8. The normalized spacial score (nSPS) is 10.9. The maximum atomic E-state index is 11.7. The number of amides is 2. The van der Waals surface area contributed by atoms with Gasteiger partial charge in [-0.3, -0.25) is 14.5 Å². The van der Waals surface area contributed by atoms with Crippen molar-refractivity contribution in [3.05, 3.63) is 0 Å². The van der Waals surface area contributed by atoms with E-state index in [1.807, 2.05) is 20.8 Å². The number of anilines is 3. The number of aromatic nitrogens is 3. The molecule has 9 heteroatoms. The first-order valence-corrected chi connectivity index (χ1v) is 5.51. The molecule has 0 aliphatic rings. The van der Waals surface area contributed by atoms with Crippen LogP contribution in [0, 0.1) is 0 Å². The molecule has 0 saturated heterocycles. The third kappa shape index (κ3) is 4.74. The third-order valence-corrected chi connectivity index (χ3v) is 1.87. The van der Waals surface area contributed by atoms with E-state index in [9.17, 15) is 9.59 Å². The van der Waals surface area contributed by atoms with E-state index < -0.39 is 5.54 Å². The summed E-state index contributed by atoms with van der Waals surface area (Å²) in [7, 11) is 0. The second kappa shape index (κ2) is 5.46. The number of carbonyl (C=O) groups is 2. The van der Waals surface area contributed by atoms with Crippen LogP contribution in [-0.2, 0) is 9.59 Å². The van der Waals surface area contributed by atoms with Crippen LogP contribution in [0.2, 0.25) is 0 Å². The molecule has 1 aromatic heterocycles. The number of nitrogens with zero attached hydrogens (tertiary/aromatic N) is 4. The Bertz CT molecular complexity index is 463. The summed E-state index contributed by atoms with van der Waals surface area (Å²) in [5.41, 5.74) is 10.4. The van der Waals surface area contributed by atoms with E-state index in [4.69, 9.17) is 11.5 Å². The van der Waals surface area contributed by atoms with Crippen LogP contribution in [0.5, 0.6) is 0 Å². The fourth-order valence-corrected chi connectivity index (χ4v) is 1.29. The average Bonchev–Trinajstić information content (AvgIpc) is 2.21. The maximum absolute atomic E-state index is 11.7. The van der Waals surface area contributed by atoms with E-state index >= 15 is 0 Å². The molecule has 1 rings (SSSR count). The Hall–Kier alpha value is -2.45. The van der Waals surface area contributed by atoms with Crippen LogP contribution < -0.4 is 21.7 Å². The molecule has 19 heavy (non-hydrogen) atoms. The molecule has 0 aliphatic carbocycles. The summed E-state index contributed by atoms with van der Waals surface area (Å²) in [5.74, 6) is -0.655. The zero-order valence-electron chi connectivity index (χ0n) is 11.0. The van der Waals surface area contributed by atoms with E-state index in [1.165, 1.54) is 0 Å². The van der Waals surface area contributed by atoms with Gasteiger partial charge in [0.1, 0.15) is 6.54 Å². The van der Waals surface area contributed by atoms with Crippen molar-refractivity contribution in [3.8, 4) is 0 Å². The number of hydrogen-bond donors (Lipinski definition) is 3. The molecular formula is C10H17N7O2. The summed E-state index contributed by atoms with van der Waals surface area (Å²) in [6, 6.07) is 0. The van der Waals surface area contributed by atoms with Gasteiger partial charge in [-0.25, -0.2) is 0 Å². The van der Waals surface area contributed by atoms with Crippen molar-refractivity contribution in [2.45, 2.75) is 26.3 Å². The second-order valence-electron chi connectivity index (χ2n) is 4.88. The molecule has 0 aromatic carbocycles. The highest BCUT2D eigenvalue weighted by atomic mass is 16.2. The molecule has 0 aliphatic heterocycles. The molecule has 0 radical (unpaired) electrons. The van der Waals surface area contributed by atoms with E-state index in [1.54, 1.807) is 0 Å². The van der Waals surface area contributed by atoms with Gasteiger partial charge in [0, 0.05) is 5.54 Å². The Balaban J connectivity index is 2.84. The van der Waals surface area contributed by atoms with Gasteiger partial charge in [-0.15, -0.1) is 0 Å². The van der Waals surface area contributed by atoms with Gasteiger partial charge in [0.15, 0.2) is 0 Å². The summed E-state index contributed by atoms with van der Waals surface area (Å²) >= 11 is 0. The van der Waals surface area contributed by atoms with Crippen LogP contribution in [0.4, 0.5) is 17.8 Å². The molecular weight excluding hydrogens is 250 g/mol. The number of nitrogens with one attached hydrogen (secondary N) is 1. The largest absolute Gasteiger partial charge is 0.368 e. The van der Waals surface area contributed by atoms with E-state index in [2.05, 4.69) is 20.3 Å². The van der Waals surface area contributed by atoms with Crippen LogP contribution in [0.1, 0.15) is 20.8 Å². The van der Waals surface area contributed by atoms with Gasteiger partial charge in [0.2, 0.25) is 30.2 Å². The van der Waals surface area contributed by atoms with Gasteiger partial charge < -0.3 is 16.8 Å². The fraction of sp³-hybridized carbons (Fsp3) is 0.500. The number of nitrogen functional groups attached to an aromatic ring is 2. The van der Waals surface area contributed by atoms with Gasteiger partial charge in [-0.2, -0.15) is 15.0 Å². The molecule has 9 nitrogen and oxygen atoms in total. The molecule has 104 valence electrons. The highest BCUT2D eigenvalue weighted by Crippen LogP contribution is 2.08. The van der Waals surface area contributed by atoms with Crippen molar-refractivity contribution in [1.29, 1.82) is 0 Å². The quantitative estimate of drug-likeness (QED) is 0.589. The molecule has 0 atom stereocenters. The Morgan fingerprint density at radius 2 is 1.79 bits per heavy atom. The lowest BCUT2D eigenvalue weighted by molar-refractivity contribution is -0.122. The fourth-order valence-electron chi connectivity index (χ4n) is 1.29. The first-order valence-electron chi connectivity index (χ1n) is 5.51. The Morgan fingerprint density at radius 3 is 2.21 bits per heavy atom. The molecule has 0 fully saturated rings. The van der Waals surface area contributed by atoms with Crippen LogP contribution in [0.3, 0.4) is 0 Å². The molecule has 0 saturated carbocycles. The molecule has 2 amide bonds. The first-order chi connectivity index (χ1) is 8.71. The summed E-state index contributed by atoms with van der Waals surface area (Å²) < 4.78 is 0. The number of carbonyl (C=O) groups excluding carboxylic acids is 2. The Morgan fingerprint density at radius 1 is 1.26 bits per heavy atom. The van der Waals surface area contributed by atoms with Crippen molar-refractivity contribution in [2.75, 3.05) is 22.9 Å². The van der Waals surface area contributed by atoms with Gasteiger partial charge in [0.05, 0.1) is 0 Å². The minimum Gasteiger partial charge on any atom is -0.368 e.